The van der Waals surface area contributed by atoms with Crippen molar-refractivity contribution in [3.05, 3.63) is 59.9 Å². The fraction of sp³-hybridized carbons (Fsp3) is 0.143. The first-order chi connectivity index (χ1) is 9.13. The number of hydrogen-bond acceptors (Lipinski definition) is 2. The summed E-state index contributed by atoms with van der Waals surface area (Å²) in [6, 6.07) is 8.81. The smallest absolute Gasteiger partial charge is 0.128 e. The lowest BCUT2D eigenvalue weighted by molar-refractivity contribution is 0.332. The molecule has 0 unspecified atom stereocenters. The Balaban J connectivity index is 1.79. The molecule has 2 nitrogen and oxygen atoms in total. The normalized spacial score (nSPS) is 10.3. The first kappa shape index (κ1) is 13.3. The SMILES string of the molecule is Fc1ccc(OCCNc2cc(F)cc(F)c2)cc1. The van der Waals surface area contributed by atoms with Crippen molar-refractivity contribution in [3.63, 3.8) is 0 Å². The summed E-state index contributed by atoms with van der Waals surface area (Å²) in [5.74, 6) is -1.07. The molecule has 2 aromatic rings. The minimum atomic E-state index is -0.637. The van der Waals surface area contributed by atoms with E-state index in [1.807, 2.05) is 0 Å². The zero-order valence-electron chi connectivity index (χ0n) is 10.00. The largest absolute Gasteiger partial charge is 0.492 e. The number of benzene rings is 2. The van der Waals surface area contributed by atoms with E-state index in [0.717, 1.165) is 6.07 Å². The highest BCUT2D eigenvalue weighted by atomic mass is 19.1. The van der Waals surface area contributed by atoms with Gasteiger partial charge in [-0.3, -0.25) is 0 Å². The lowest BCUT2D eigenvalue weighted by Crippen LogP contribution is -2.11. The fourth-order valence-electron chi connectivity index (χ4n) is 1.55. The third-order valence-corrected chi connectivity index (χ3v) is 2.38. The third kappa shape index (κ3) is 4.21. The maximum Gasteiger partial charge on any atom is 0.128 e. The molecule has 0 saturated heterocycles. The minimum Gasteiger partial charge on any atom is -0.492 e. The van der Waals surface area contributed by atoms with E-state index in [1.54, 1.807) is 0 Å². The Bertz CT molecular complexity index is 523. The number of halogens is 3. The van der Waals surface area contributed by atoms with Crippen LogP contribution in [0.1, 0.15) is 0 Å². The molecule has 0 radical (unpaired) electrons. The van der Waals surface area contributed by atoms with E-state index in [1.165, 1.54) is 36.4 Å². The van der Waals surface area contributed by atoms with Crippen LogP contribution in [0.4, 0.5) is 18.9 Å². The van der Waals surface area contributed by atoms with Crippen molar-refractivity contribution in [1.82, 2.24) is 0 Å². The van der Waals surface area contributed by atoms with Gasteiger partial charge in [-0.1, -0.05) is 0 Å². The summed E-state index contributed by atoms with van der Waals surface area (Å²) in [5.41, 5.74) is 0.347. The quantitative estimate of drug-likeness (QED) is 0.836. The van der Waals surface area contributed by atoms with Crippen LogP contribution in [-0.2, 0) is 0 Å². The first-order valence-electron chi connectivity index (χ1n) is 5.72. The van der Waals surface area contributed by atoms with Crippen molar-refractivity contribution in [2.24, 2.45) is 0 Å². The second-order valence-corrected chi connectivity index (χ2v) is 3.89. The van der Waals surface area contributed by atoms with Gasteiger partial charge < -0.3 is 10.1 Å². The van der Waals surface area contributed by atoms with E-state index in [9.17, 15) is 13.2 Å². The molecule has 5 heteroatoms. The molecular weight excluding hydrogens is 255 g/mol. The van der Waals surface area contributed by atoms with Gasteiger partial charge in [-0.05, 0) is 36.4 Å². The monoisotopic (exact) mass is 267 g/mol. The molecule has 0 saturated carbocycles. The average Bonchev–Trinajstić information content (AvgIpc) is 2.36. The van der Waals surface area contributed by atoms with Gasteiger partial charge in [0.15, 0.2) is 0 Å². The molecule has 100 valence electrons. The van der Waals surface area contributed by atoms with E-state index in [2.05, 4.69) is 5.32 Å². The molecule has 0 aliphatic carbocycles. The van der Waals surface area contributed by atoms with Gasteiger partial charge in [0.1, 0.15) is 29.8 Å². The Morgan fingerprint density at radius 3 is 2.11 bits per heavy atom. The Hall–Kier alpha value is -2.17. The summed E-state index contributed by atoms with van der Waals surface area (Å²) in [6.45, 7) is 0.671. The zero-order valence-corrected chi connectivity index (χ0v) is 10.00. The predicted molar refractivity (Wildman–Crippen MR) is 66.7 cm³/mol. The van der Waals surface area contributed by atoms with Crippen molar-refractivity contribution in [2.45, 2.75) is 0 Å². The third-order valence-electron chi connectivity index (χ3n) is 2.38. The molecule has 0 amide bonds. The Morgan fingerprint density at radius 1 is 0.842 bits per heavy atom. The van der Waals surface area contributed by atoms with Gasteiger partial charge in [0.05, 0.1) is 0 Å². The lowest BCUT2D eigenvalue weighted by atomic mass is 10.3. The van der Waals surface area contributed by atoms with E-state index in [-0.39, 0.29) is 5.82 Å². The Morgan fingerprint density at radius 2 is 1.47 bits per heavy atom. The van der Waals surface area contributed by atoms with Gasteiger partial charge in [-0.25, -0.2) is 13.2 Å². The van der Waals surface area contributed by atoms with Crippen LogP contribution in [0.5, 0.6) is 5.75 Å². The van der Waals surface area contributed by atoms with Gasteiger partial charge in [0.2, 0.25) is 0 Å². The average molecular weight is 267 g/mol. The second kappa shape index (κ2) is 6.13. The highest BCUT2D eigenvalue weighted by Gasteiger charge is 2.00. The molecule has 0 heterocycles. The number of ether oxygens (including phenoxy) is 1. The van der Waals surface area contributed by atoms with Crippen LogP contribution in [0.3, 0.4) is 0 Å². The van der Waals surface area contributed by atoms with Crippen LogP contribution >= 0.6 is 0 Å². The van der Waals surface area contributed by atoms with E-state index in [0.29, 0.717) is 24.6 Å². The molecule has 0 atom stereocenters. The minimum absolute atomic E-state index is 0.295. The van der Waals surface area contributed by atoms with E-state index in [4.69, 9.17) is 4.74 Å². The molecule has 2 aromatic carbocycles. The molecule has 0 aromatic heterocycles. The summed E-state index contributed by atoms with van der Waals surface area (Å²) in [5, 5.41) is 2.83. The molecule has 0 spiro atoms. The molecule has 1 N–H and O–H groups in total. The highest BCUT2D eigenvalue weighted by molar-refractivity contribution is 5.43. The van der Waals surface area contributed by atoms with E-state index >= 15 is 0 Å². The van der Waals surface area contributed by atoms with Gasteiger partial charge in [-0.15, -0.1) is 0 Å². The van der Waals surface area contributed by atoms with Crippen molar-refractivity contribution >= 4 is 5.69 Å². The molecular formula is C14H12F3NO. The van der Waals surface area contributed by atoms with Gasteiger partial charge in [-0.2, -0.15) is 0 Å². The predicted octanol–water partition coefficient (Wildman–Crippen LogP) is 3.59. The van der Waals surface area contributed by atoms with Crippen molar-refractivity contribution in [2.75, 3.05) is 18.5 Å². The standard InChI is InChI=1S/C14H12F3NO/c15-10-1-3-14(4-2-10)19-6-5-18-13-8-11(16)7-12(17)9-13/h1-4,7-9,18H,5-6H2. The van der Waals surface area contributed by atoms with Gasteiger partial charge in [0, 0.05) is 18.3 Å². The molecule has 2 rings (SSSR count). The fourth-order valence-corrected chi connectivity index (χ4v) is 1.55. The molecule has 0 bridgehead atoms. The number of hydrogen-bond donors (Lipinski definition) is 1. The first-order valence-corrected chi connectivity index (χ1v) is 5.72. The van der Waals surface area contributed by atoms with Crippen LogP contribution in [0, 0.1) is 17.5 Å². The Labute approximate surface area is 108 Å². The zero-order chi connectivity index (χ0) is 13.7. The topological polar surface area (TPSA) is 21.3 Å². The maximum atomic E-state index is 12.9. The number of nitrogens with one attached hydrogen (secondary N) is 1. The summed E-state index contributed by atoms with van der Waals surface area (Å²) in [6.07, 6.45) is 0. The van der Waals surface area contributed by atoms with Crippen molar-refractivity contribution in [1.29, 1.82) is 0 Å². The summed E-state index contributed by atoms with van der Waals surface area (Å²) in [7, 11) is 0. The highest BCUT2D eigenvalue weighted by Crippen LogP contribution is 2.13. The van der Waals surface area contributed by atoms with Crippen LogP contribution in [0.2, 0.25) is 0 Å². The van der Waals surface area contributed by atoms with Crippen molar-refractivity contribution in [3.8, 4) is 5.75 Å². The van der Waals surface area contributed by atoms with Gasteiger partial charge >= 0.3 is 0 Å². The van der Waals surface area contributed by atoms with Crippen LogP contribution in [0.25, 0.3) is 0 Å². The summed E-state index contributed by atoms with van der Waals surface area (Å²) in [4.78, 5) is 0. The molecule has 19 heavy (non-hydrogen) atoms. The van der Waals surface area contributed by atoms with Gasteiger partial charge in [0.25, 0.3) is 0 Å². The van der Waals surface area contributed by atoms with Crippen molar-refractivity contribution < 1.29 is 17.9 Å². The lowest BCUT2D eigenvalue weighted by Gasteiger charge is -2.08. The molecule has 0 fully saturated rings. The van der Waals surface area contributed by atoms with Crippen LogP contribution in [0.15, 0.2) is 42.5 Å². The summed E-state index contributed by atoms with van der Waals surface area (Å²) >= 11 is 0. The number of rotatable bonds is 5. The maximum absolute atomic E-state index is 12.9. The number of anilines is 1. The summed E-state index contributed by atoms with van der Waals surface area (Å²) < 4.78 is 43.7. The molecule has 0 aliphatic heterocycles. The van der Waals surface area contributed by atoms with E-state index < -0.39 is 11.6 Å². The van der Waals surface area contributed by atoms with Crippen LogP contribution < -0.4 is 10.1 Å². The van der Waals surface area contributed by atoms with Crippen LogP contribution in [-0.4, -0.2) is 13.2 Å². The Kier molecular flexibility index (Phi) is 4.28. The second-order valence-electron chi connectivity index (χ2n) is 3.89. The molecule has 0 aliphatic rings.